The lowest BCUT2D eigenvalue weighted by Gasteiger charge is -2.17. The van der Waals surface area contributed by atoms with Crippen LogP contribution in [0.2, 0.25) is 10.0 Å². The summed E-state index contributed by atoms with van der Waals surface area (Å²) in [4.78, 5) is 23.3. The molecule has 0 spiro atoms. The molecule has 0 saturated carbocycles. The second-order valence-electron chi connectivity index (χ2n) is 5.37. The van der Waals surface area contributed by atoms with Crippen molar-refractivity contribution >= 4 is 35.2 Å². The van der Waals surface area contributed by atoms with E-state index in [1.807, 2.05) is 0 Å². The van der Waals surface area contributed by atoms with E-state index < -0.39 is 29.6 Å². The molecule has 1 unspecified atom stereocenters. The van der Waals surface area contributed by atoms with Crippen LogP contribution in [0.1, 0.15) is 17.0 Å². The van der Waals surface area contributed by atoms with Crippen molar-refractivity contribution in [2.75, 3.05) is 6.54 Å². The van der Waals surface area contributed by atoms with Crippen molar-refractivity contribution in [3.05, 3.63) is 69.2 Å². The SMILES string of the molecule is O=C(NCc1cc(F)cc(F)c1)NCC(C(=O)O)c1c(Cl)cccc1Cl. The second-order valence-corrected chi connectivity index (χ2v) is 6.18. The van der Waals surface area contributed by atoms with E-state index in [0.29, 0.717) is 6.07 Å². The van der Waals surface area contributed by atoms with E-state index in [4.69, 9.17) is 23.2 Å². The van der Waals surface area contributed by atoms with Crippen LogP contribution in [0.3, 0.4) is 0 Å². The highest BCUT2D eigenvalue weighted by molar-refractivity contribution is 6.36. The van der Waals surface area contributed by atoms with E-state index in [0.717, 1.165) is 12.1 Å². The number of carboxylic acids is 1. The standard InChI is InChI=1S/C17H14Cl2F2N2O3/c18-13-2-1-3-14(19)15(13)12(16(24)25)8-23-17(26)22-7-9-4-10(20)6-11(21)5-9/h1-6,12H,7-8H2,(H,24,25)(H2,22,23,26). The molecular formula is C17H14Cl2F2N2O3. The average molecular weight is 403 g/mol. The summed E-state index contributed by atoms with van der Waals surface area (Å²) in [7, 11) is 0. The van der Waals surface area contributed by atoms with Crippen LogP contribution in [0.25, 0.3) is 0 Å². The molecule has 138 valence electrons. The van der Waals surface area contributed by atoms with Gasteiger partial charge in [0.2, 0.25) is 0 Å². The van der Waals surface area contributed by atoms with E-state index in [1.54, 1.807) is 6.07 Å². The zero-order valence-electron chi connectivity index (χ0n) is 13.2. The van der Waals surface area contributed by atoms with Gasteiger partial charge in [0.1, 0.15) is 17.6 Å². The fourth-order valence-electron chi connectivity index (χ4n) is 2.31. The van der Waals surface area contributed by atoms with Gasteiger partial charge in [-0.05, 0) is 29.8 Å². The van der Waals surface area contributed by atoms with Gasteiger partial charge < -0.3 is 15.7 Å². The molecule has 1 atom stereocenters. The summed E-state index contributed by atoms with van der Waals surface area (Å²) in [6, 6.07) is 6.73. The number of hydrogen-bond acceptors (Lipinski definition) is 2. The van der Waals surface area contributed by atoms with Crippen molar-refractivity contribution in [3.8, 4) is 0 Å². The molecule has 2 amide bonds. The van der Waals surface area contributed by atoms with Gasteiger partial charge in [-0.1, -0.05) is 29.3 Å². The summed E-state index contributed by atoms with van der Waals surface area (Å²) >= 11 is 12.0. The Balaban J connectivity index is 1.98. The van der Waals surface area contributed by atoms with Crippen molar-refractivity contribution in [3.63, 3.8) is 0 Å². The van der Waals surface area contributed by atoms with Gasteiger partial charge in [-0.3, -0.25) is 4.79 Å². The van der Waals surface area contributed by atoms with E-state index >= 15 is 0 Å². The molecule has 9 heteroatoms. The minimum Gasteiger partial charge on any atom is -0.481 e. The van der Waals surface area contributed by atoms with Gasteiger partial charge in [-0.15, -0.1) is 0 Å². The zero-order valence-corrected chi connectivity index (χ0v) is 14.7. The van der Waals surface area contributed by atoms with Crippen molar-refractivity contribution in [1.82, 2.24) is 10.6 Å². The molecule has 2 rings (SSSR count). The quantitative estimate of drug-likeness (QED) is 0.684. The lowest BCUT2D eigenvalue weighted by molar-refractivity contribution is -0.138. The van der Waals surface area contributed by atoms with Crippen LogP contribution in [-0.4, -0.2) is 23.7 Å². The highest BCUT2D eigenvalue weighted by Crippen LogP contribution is 2.31. The van der Waals surface area contributed by atoms with Crippen LogP contribution >= 0.6 is 23.2 Å². The zero-order chi connectivity index (χ0) is 19.3. The minimum atomic E-state index is -1.22. The van der Waals surface area contributed by atoms with Crippen LogP contribution in [-0.2, 0) is 11.3 Å². The van der Waals surface area contributed by atoms with Gasteiger partial charge in [-0.25, -0.2) is 13.6 Å². The van der Waals surface area contributed by atoms with Gasteiger partial charge in [0.15, 0.2) is 0 Å². The highest BCUT2D eigenvalue weighted by Gasteiger charge is 2.25. The number of carbonyl (C=O) groups is 2. The number of benzene rings is 2. The highest BCUT2D eigenvalue weighted by atomic mass is 35.5. The first-order valence-electron chi connectivity index (χ1n) is 7.41. The number of rotatable bonds is 6. The third kappa shape index (κ3) is 5.31. The summed E-state index contributed by atoms with van der Waals surface area (Å²) in [5.74, 6) is -3.90. The van der Waals surface area contributed by atoms with Crippen molar-refractivity contribution in [2.24, 2.45) is 0 Å². The van der Waals surface area contributed by atoms with Crippen LogP contribution in [0.5, 0.6) is 0 Å². The summed E-state index contributed by atoms with van der Waals surface area (Å²) in [5.41, 5.74) is 0.414. The smallest absolute Gasteiger partial charge is 0.315 e. The number of hydrogen-bond donors (Lipinski definition) is 3. The maximum Gasteiger partial charge on any atom is 0.315 e. The monoisotopic (exact) mass is 402 g/mol. The van der Waals surface area contributed by atoms with E-state index in [1.165, 1.54) is 12.1 Å². The largest absolute Gasteiger partial charge is 0.481 e. The molecule has 5 nitrogen and oxygen atoms in total. The van der Waals surface area contributed by atoms with Gasteiger partial charge in [0.05, 0.1) is 0 Å². The molecule has 2 aromatic carbocycles. The number of carbonyl (C=O) groups excluding carboxylic acids is 1. The number of nitrogens with one attached hydrogen (secondary N) is 2. The molecule has 0 aromatic heterocycles. The van der Waals surface area contributed by atoms with E-state index in [-0.39, 0.29) is 34.3 Å². The Bertz CT molecular complexity index is 793. The fourth-order valence-corrected chi connectivity index (χ4v) is 2.97. The van der Waals surface area contributed by atoms with Crippen LogP contribution in [0.15, 0.2) is 36.4 Å². The Kier molecular flexibility index (Phi) is 6.76. The van der Waals surface area contributed by atoms with E-state index in [9.17, 15) is 23.5 Å². The molecule has 0 aliphatic heterocycles. The van der Waals surface area contributed by atoms with Crippen LogP contribution in [0, 0.1) is 11.6 Å². The Morgan fingerprint density at radius 3 is 2.15 bits per heavy atom. The molecule has 0 aliphatic carbocycles. The van der Waals surface area contributed by atoms with E-state index in [2.05, 4.69) is 10.6 Å². The third-order valence-corrected chi connectivity index (χ3v) is 4.15. The molecule has 0 heterocycles. The fraction of sp³-hybridized carbons (Fsp3) is 0.176. The number of carboxylic acid groups (broad SMARTS) is 1. The molecule has 0 radical (unpaired) electrons. The minimum absolute atomic E-state index is 0.134. The molecule has 26 heavy (non-hydrogen) atoms. The predicted molar refractivity (Wildman–Crippen MR) is 93.4 cm³/mol. The molecule has 3 N–H and O–H groups in total. The Hall–Kier alpha value is -2.38. The van der Waals surface area contributed by atoms with Gasteiger partial charge >= 0.3 is 12.0 Å². The first-order chi connectivity index (χ1) is 12.3. The summed E-state index contributed by atoms with van der Waals surface area (Å²) in [5, 5.41) is 14.5. The van der Waals surface area contributed by atoms with Gasteiger partial charge in [0, 0.05) is 34.8 Å². The molecule has 0 aliphatic rings. The Labute approximate surface area is 157 Å². The maximum absolute atomic E-state index is 13.1. The normalized spacial score (nSPS) is 11.7. The second kappa shape index (κ2) is 8.82. The lowest BCUT2D eigenvalue weighted by atomic mass is 9.99. The maximum atomic E-state index is 13.1. The van der Waals surface area contributed by atoms with Crippen LogP contribution in [0.4, 0.5) is 13.6 Å². The number of urea groups is 1. The van der Waals surface area contributed by atoms with Gasteiger partial charge in [0.25, 0.3) is 0 Å². The molecule has 0 saturated heterocycles. The molecule has 0 fully saturated rings. The predicted octanol–water partition coefficient (Wildman–Crippen LogP) is 3.94. The molecule has 2 aromatic rings. The van der Waals surface area contributed by atoms with Crippen molar-refractivity contribution in [2.45, 2.75) is 12.5 Å². The first-order valence-corrected chi connectivity index (χ1v) is 8.17. The van der Waals surface area contributed by atoms with Crippen molar-refractivity contribution < 1.29 is 23.5 Å². The lowest BCUT2D eigenvalue weighted by Crippen LogP contribution is -2.39. The number of aliphatic carboxylic acids is 1. The Morgan fingerprint density at radius 2 is 1.62 bits per heavy atom. The summed E-state index contributed by atoms with van der Waals surface area (Å²) < 4.78 is 26.2. The first kappa shape index (κ1) is 19.9. The number of amides is 2. The van der Waals surface area contributed by atoms with Crippen molar-refractivity contribution in [1.29, 1.82) is 0 Å². The van der Waals surface area contributed by atoms with Gasteiger partial charge in [-0.2, -0.15) is 0 Å². The summed E-state index contributed by atoms with van der Waals surface area (Å²) in [6.07, 6.45) is 0. The topological polar surface area (TPSA) is 78.4 Å². The molecule has 0 bridgehead atoms. The number of halogens is 4. The Morgan fingerprint density at radius 1 is 1.04 bits per heavy atom. The van der Waals surface area contributed by atoms with Crippen LogP contribution < -0.4 is 10.6 Å². The average Bonchev–Trinajstić information content (AvgIpc) is 2.54. The molecular weight excluding hydrogens is 389 g/mol. The summed E-state index contributed by atoms with van der Waals surface area (Å²) in [6.45, 7) is -0.409. The third-order valence-electron chi connectivity index (χ3n) is 3.49.